The zero-order valence-corrected chi connectivity index (χ0v) is 13.8. The van der Waals surface area contributed by atoms with E-state index in [2.05, 4.69) is 16.0 Å². The summed E-state index contributed by atoms with van der Waals surface area (Å²) < 4.78 is 5.26. The van der Waals surface area contributed by atoms with Gasteiger partial charge in [0, 0.05) is 39.3 Å². The summed E-state index contributed by atoms with van der Waals surface area (Å²) in [4.78, 5) is 40.2. The Morgan fingerprint density at radius 2 is 1.92 bits per heavy atom. The van der Waals surface area contributed by atoms with Crippen LogP contribution in [0.5, 0.6) is 0 Å². The van der Waals surface area contributed by atoms with Gasteiger partial charge in [-0.2, -0.15) is 0 Å². The number of nitrogens with one attached hydrogen (secondary N) is 3. The van der Waals surface area contributed by atoms with E-state index >= 15 is 0 Å². The number of ether oxygens (including phenoxy) is 1. The molecule has 0 saturated carbocycles. The molecule has 0 aromatic heterocycles. The Balaban J connectivity index is 1.53. The molecule has 4 amide bonds. The summed E-state index contributed by atoms with van der Waals surface area (Å²) in [6.07, 6.45) is 1.51. The van der Waals surface area contributed by atoms with Gasteiger partial charge in [0.05, 0.1) is 13.2 Å². The van der Waals surface area contributed by atoms with Crippen molar-refractivity contribution in [2.45, 2.75) is 24.9 Å². The standard InChI is InChI=1S/C15H25N5O4/c21-13-11(2-1-3-17-13)18-14(22)12-10-20(5-4-16-12)15(23)19-6-8-24-9-7-19/h11-12,16H,1-10H2,(H,17,21)(H,18,22). The van der Waals surface area contributed by atoms with Crippen molar-refractivity contribution in [1.82, 2.24) is 25.8 Å². The van der Waals surface area contributed by atoms with E-state index in [1.807, 2.05) is 0 Å². The number of carbonyl (C=O) groups excluding carboxylic acids is 3. The minimum Gasteiger partial charge on any atom is -0.378 e. The lowest BCUT2D eigenvalue weighted by Gasteiger charge is -2.38. The van der Waals surface area contributed by atoms with Gasteiger partial charge in [-0.3, -0.25) is 9.59 Å². The second-order valence-corrected chi connectivity index (χ2v) is 6.33. The highest BCUT2D eigenvalue weighted by molar-refractivity contribution is 5.90. The maximum atomic E-state index is 12.5. The summed E-state index contributed by atoms with van der Waals surface area (Å²) in [5, 5.41) is 8.68. The zero-order chi connectivity index (χ0) is 16.9. The van der Waals surface area contributed by atoms with Crippen LogP contribution in [0.25, 0.3) is 0 Å². The first-order valence-corrected chi connectivity index (χ1v) is 8.58. The van der Waals surface area contributed by atoms with Crippen molar-refractivity contribution in [3.8, 4) is 0 Å². The van der Waals surface area contributed by atoms with Gasteiger partial charge in [0.25, 0.3) is 0 Å². The monoisotopic (exact) mass is 339 g/mol. The minimum absolute atomic E-state index is 0.0481. The molecular weight excluding hydrogens is 314 g/mol. The van der Waals surface area contributed by atoms with E-state index in [9.17, 15) is 14.4 Å². The van der Waals surface area contributed by atoms with Crippen LogP contribution in [0.4, 0.5) is 4.79 Å². The number of urea groups is 1. The Bertz CT molecular complexity index is 494. The molecule has 3 aliphatic rings. The average molecular weight is 339 g/mol. The van der Waals surface area contributed by atoms with Gasteiger partial charge in [-0.25, -0.2) is 4.79 Å². The molecular formula is C15H25N5O4. The molecule has 0 bridgehead atoms. The molecule has 0 aromatic rings. The number of hydrogen-bond acceptors (Lipinski definition) is 5. The van der Waals surface area contributed by atoms with Crippen molar-refractivity contribution >= 4 is 17.8 Å². The third-order valence-electron chi connectivity index (χ3n) is 4.65. The molecule has 2 atom stereocenters. The van der Waals surface area contributed by atoms with E-state index in [-0.39, 0.29) is 17.8 Å². The van der Waals surface area contributed by atoms with Crippen LogP contribution in [0.1, 0.15) is 12.8 Å². The van der Waals surface area contributed by atoms with Crippen molar-refractivity contribution in [3.63, 3.8) is 0 Å². The van der Waals surface area contributed by atoms with Gasteiger partial charge >= 0.3 is 6.03 Å². The topological polar surface area (TPSA) is 103 Å². The average Bonchev–Trinajstić information content (AvgIpc) is 2.64. The molecule has 3 fully saturated rings. The first-order chi connectivity index (χ1) is 11.6. The SMILES string of the molecule is O=C(NC1CCCNC1=O)C1CN(C(=O)N2CCOCC2)CCN1. The van der Waals surface area contributed by atoms with Crippen LogP contribution in [-0.2, 0) is 14.3 Å². The summed E-state index contributed by atoms with van der Waals surface area (Å²) >= 11 is 0. The summed E-state index contributed by atoms with van der Waals surface area (Å²) in [6, 6.07) is -1.01. The predicted octanol–water partition coefficient (Wildman–Crippen LogP) is -1.89. The molecule has 0 aliphatic carbocycles. The first kappa shape index (κ1) is 17.0. The van der Waals surface area contributed by atoms with E-state index in [1.165, 1.54) is 0 Å². The van der Waals surface area contributed by atoms with Gasteiger partial charge in [-0.15, -0.1) is 0 Å². The van der Waals surface area contributed by atoms with E-state index in [0.717, 1.165) is 6.42 Å². The number of piperazine rings is 1. The molecule has 0 radical (unpaired) electrons. The Morgan fingerprint density at radius 3 is 2.67 bits per heavy atom. The number of morpholine rings is 1. The summed E-state index contributed by atoms with van der Waals surface area (Å²) in [7, 11) is 0. The summed E-state index contributed by atoms with van der Waals surface area (Å²) in [5.41, 5.74) is 0. The lowest BCUT2D eigenvalue weighted by Crippen LogP contribution is -2.62. The number of nitrogens with zero attached hydrogens (tertiary/aromatic N) is 2. The molecule has 3 aliphatic heterocycles. The minimum atomic E-state index is -0.488. The fraction of sp³-hybridized carbons (Fsp3) is 0.800. The highest BCUT2D eigenvalue weighted by Gasteiger charge is 2.33. The maximum Gasteiger partial charge on any atom is 0.320 e. The van der Waals surface area contributed by atoms with Crippen LogP contribution in [0.3, 0.4) is 0 Å². The quantitative estimate of drug-likeness (QED) is 0.546. The summed E-state index contributed by atoms with van der Waals surface area (Å²) in [6.45, 7) is 4.39. The van der Waals surface area contributed by atoms with Crippen LogP contribution in [0.2, 0.25) is 0 Å². The van der Waals surface area contributed by atoms with E-state index in [0.29, 0.717) is 58.9 Å². The molecule has 24 heavy (non-hydrogen) atoms. The second-order valence-electron chi connectivity index (χ2n) is 6.33. The highest BCUT2D eigenvalue weighted by Crippen LogP contribution is 2.08. The van der Waals surface area contributed by atoms with Gasteiger partial charge in [0.2, 0.25) is 11.8 Å². The highest BCUT2D eigenvalue weighted by atomic mass is 16.5. The van der Waals surface area contributed by atoms with Crippen LogP contribution in [-0.4, -0.2) is 92.2 Å². The predicted molar refractivity (Wildman–Crippen MR) is 85.3 cm³/mol. The van der Waals surface area contributed by atoms with E-state index < -0.39 is 12.1 Å². The molecule has 3 heterocycles. The Morgan fingerprint density at radius 1 is 1.12 bits per heavy atom. The fourth-order valence-corrected chi connectivity index (χ4v) is 3.24. The fourth-order valence-electron chi connectivity index (χ4n) is 3.24. The normalized spacial score (nSPS) is 28.2. The molecule has 0 spiro atoms. The van der Waals surface area contributed by atoms with E-state index in [1.54, 1.807) is 9.80 Å². The van der Waals surface area contributed by atoms with Gasteiger partial charge in [-0.1, -0.05) is 0 Å². The summed E-state index contributed by atoms with van der Waals surface area (Å²) in [5.74, 6) is -0.358. The smallest absolute Gasteiger partial charge is 0.320 e. The number of piperidine rings is 1. The molecule has 3 saturated heterocycles. The van der Waals surface area contributed by atoms with Crippen LogP contribution < -0.4 is 16.0 Å². The first-order valence-electron chi connectivity index (χ1n) is 8.58. The van der Waals surface area contributed by atoms with Gasteiger partial charge in [0.1, 0.15) is 12.1 Å². The Hall–Kier alpha value is -1.87. The van der Waals surface area contributed by atoms with Crippen LogP contribution in [0.15, 0.2) is 0 Å². The third kappa shape index (κ3) is 3.96. The lowest BCUT2D eigenvalue weighted by atomic mass is 10.1. The molecule has 3 rings (SSSR count). The van der Waals surface area contributed by atoms with Crippen molar-refractivity contribution in [3.05, 3.63) is 0 Å². The molecule has 134 valence electrons. The van der Waals surface area contributed by atoms with E-state index in [4.69, 9.17) is 4.74 Å². The van der Waals surface area contributed by atoms with Crippen molar-refractivity contribution < 1.29 is 19.1 Å². The zero-order valence-electron chi connectivity index (χ0n) is 13.8. The van der Waals surface area contributed by atoms with Crippen LogP contribution in [0, 0.1) is 0 Å². The molecule has 2 unspecified atom stereocenters. The van der Waals surface area contributed by atoms with Gasteiger partial charge in [0.15, 0.2) is 0 Å². The number of amides is 4. The largest absolute Gasteiger partial charge is 0.378 e. The lowest BCUT2D eigenvalue weighted by molar-refractivity contribution is -0.131. The van der Waals surface area contributed by atoms with Crippen molar-refractivity contribution in [1.29, 1.82) is 0 Å². The maximum absolute atomic E-state index is 12.5. The molecule has 9 heteroatoms. The molecule has 9 nitrogen and oxygen atoms in total. The third-order valence-corrected chi connectivity index (χ3v) is 4.65. The molecule has 0 aromatic carbocycles. The van der Waals surface area contributed by atoms with Crippen molar-refractivity contribution in [2.24, 2.45) is 0 Å². The number of carbonyl (C=O) groups is 3. The Kier molecular flexibility index (Phi) is 5.52. The van der Waals surface area contributed by atoms with Crippen molar-refractivity contribution in [2.75, 3.05) is 52.5 Å². The molecule has 3 N–H and O–H groups in total. The van der Waals surface area contributed by atoms with Gasteiger partial charge in [-0.05, 0) is 12.8 Å². The van der Waals surface area contributed by atoms with Gasteiger partial charge < -0.3 is 30.5 Å². The Labute approximate surface area is 141 Å². The number of rotatable bonds is 2. The second kappa shape index (κ2) is 7.80. The number of hydrogen-bond donors (Lipinski definition) is 3. The van der Waals surface area contributed by atoms with Crippen LogP contribution >= 0.6 is 0 Å².